The quantitative estimate of drug-likeness (QED) is 0.929. The first-order valence-corrected chi connectivity index (χ1v) is 8.86. The van der Waals surface area contributed by atoms with Crippen molar-refractivity contribution >= 4 is 5.82 Å². The van der Waals surface area contributed by atoms with Crippen molar-refractivity contribution in [2.75, 3.05) is 44.3 Å². The number of nitrogens with zero attached hydrogens (tertiary/aromatic N) is 3. The van der Waals surface area contributed by atoms with E-state index in [9.17, 15) is 0 Å². The molecule has 5 heteroatoms. The molecular formula is C19H24N4O. The van der Waals surface area contributed by atoms with E-state index in [1.807, 2.05) is 6.07 Å². The third-order valence-corrected chi connectivity index (χ3v) is 4.72. The van der Waals surface area contributed by atoms with Crippen LogP contribution < -0.4 is 10.2 Å². The predicted octanol–water partition coefficient (Wildman–Crippen LogP) is 1.59. The molecule has 0 unspecified atom stereocenters. The van der Waals surface area contributed by atoms with Crippen molar-refractivity contribution in [1.29, 1.82) is 0 Å². The summed E-state index contributed by atoms with van der Waals surface area (Å²) < 4.78 is 5.52. The molecule has 0 saturated carbocycles. The van der Waals surface area contributed by atoms with Gasteiger partial charge in [-0.2, -0.15) is 0 Å². The second-order valence-corrected chi connectivity index (χ2v) is 6.40. The summed E-state index contributed by atoms with van der Waals surface area (Å²) in [5.74, 6) is 2.07. The van der Waals surface area contributed by atoms with E-state index >= 15 is 0 Å². The van der Waals surface area contributed by atoms with E-state index in [-0.39, 0.29) is 0 Å². The molecule has 0 atom stereocenters. The number of ether oxygens (including phenoxy) is 1. The van der Waals surface area contributed by atoms with Crippen molar-refractivity contribution in [3.63, 3.8) is 0 Å². The fourth-order valence-corrected chi connectivity index (χ4v) is 3.47. The van der Waals surface area contributed by atoms with Crippen LogP contribution in [0.5, 0.6) is 0 Å². The number of nitrogens with one attached hydrogen (secondary N) is 1. The van der Waals surface area contributed by atoms with Gasteiger partial charge in [-0.15, -0.1) is 0 Å². The van der Waals surface area contributed by atoms with Crippen molar-refractivity contribution in [1.82, 2.24) is 15.3 Å². The summed E-state index contributed by atoms with van der Waals surface area (Å²) in [4.78, 5) is 12.3. The number of fused-ring (bicyclic) bond motifs is 1. The van der Waals surface area contributed by atoms with Gasteiger partial charge >= 0.3 is 0 Å². The van der Waals surface area contributed by atoms with Gasteiger partial charge in [-0.05, 0) is 18.5 Å². The van der Waals surface area contributed by atoms with Gasteiger partial charge in [0.25, 0.3) is 0 Å². The molecular weight excluding hydrogens is 300 g/mol. The van der Waals surface area contributed by atoms with Crippen molar-refractivity contribution in [2.45, 2.75) is 19.3 Å². The van der Waals surface area contributed by atoms with E-state index in [1.54, 1.807) is 0 Å². The normalized spacial score (nSPS) is 18.1. The Bertz CT molecular complexity index is 683. The van der Waals surface area contributed by atoms with Gasteiger partial charge in [-0.25, -0.2) is 9.97 Å². The molecule has 24 heavy (non-hydrogen) atoms. The monoisotopic (exact) mass is 324 g/mol. The summed E-state index contributed by atoms with van der Waals surface area (Å²) in [5.41, 5.74) is 3.82. The summed E-state index contributed by atoms with van der Waals surface area (Å²) in [6, 6.07) is 10.5. The molecule has 0 amide bonds. The third-order valence-electron chi connectivity index (χ3n) is 4.72. The molecule has 2 aromatic rings. The van der Waals surface area contributed by atoms with Crippen LogP contribution >= 0.6 is 0 Å². The molecule has 1 aromatic heterocycles. The molecule has 0 spiro atoms. The maximum atomic E-state index is 5.52. The largest absolute Gasteiger partial charge is 0.378 e. The highest BCUT2D eigenvalue weighted by Crippen LogP contribution is 2.25. The Balaban J connectivity index is 1.70. The number of aromatic nitrogens is 2. The second-order valence-electron chi connectivity index (χ2n) is 6.40. The van der Waals surface area contributed by atoms with Crippen LogP contribution in [0.25, 0.3) is 0 Å². The molecule has 1 fully saturated rings. The Morgan fingerprint density at radius 2 is 1.79 bits per heavy atom. The first kappa shape index (κ1) is 15.5. The standard InChI is InChI=1S/C19H24N4O/c1-2-4-15(5-3-1)14-18-21-17-7-9-20-8-6-16(17)19(22-18)23-10-12-24-13-11-23/h1-5,20H,6-14H2. The minimum atomic E-state index is 0.783. The highest BCUT2D eigenvalue weighted by molar-refractivity contribution is 5.50. The lowest BCUT2D eigenvalue weighted by Crippen LogP contribution is -2.38. The van der Waals surface area contributed by atoms with Crippen LogP contribution in [0.1, 0.15) is 22.6 Å². The van der Waals surface area contributed by atoms with E-state index < -0.39 is 0 Å². The summed E-state index contributed by atoms with van der Waals surface area (Å²) in [7, 11) is 0. The molecule has 2 aliphatic heterocycles. The summed E-state index contributed by atoms with van der Waals surface area (Å²) >= 11 is 0. The molecule has 126 valence electrons. The number of anilines is 1. The summed E-state index contributed by atoms with van der Waals surface area (Å²) in [5, 5.41) is 3.48. The molecule has 0 radical (unpaired) electrons. The summed E-state index contributed by atoms with van der Waals surface area (Å²) in [6.45, 7) is 5.41. The lowest BCUT2D eigenvalue weighted by Gasteiger charge is -2.30. The third kappa shape index (κ3) is 3.42. The highest BCUT2D eigenvalue weighted by atomic mass is 16.5. The molecule has 1 saturated heterocycles. The molecule has 3 heterocycles. The number of morpholine rings is 1. The SMILES string of the molecule is c1ccc(Cc2nc3c(c(N4CCOCC4)n2)CCNCC3)cc1. The molecule has 0 bridgehead atoms. The fraction of sp³-hybridized carbons (Fsp3) is 0.474. The van der Waals surface area contributed by atoms with E-state index in [0.717, 1.165) is 70.3 Å². The Labute approximate surface area is 143 Å². The van der Waals surface area contributed by atoms with Gasteiger partial charge in [0.1, 0.15) is 11.6 Å². The van der Waals surface area contributed by atoms with Gasteiger partial charge in [0.15, 0.2) is 0 Å². The van der Waals surface area contributed by atoms with Gasteiger partial charge in [0.2, 0.25) is 0 Å². The molecule has 5 nitrogen and oxygen atoms in total. The van der Waals surface area contributed by atoms with Crippen LogP contribution in [0.4, 0.5) is 5.82 Å². The molecule has 2 aliphatic rings. The highest BCUT2D eigenvalue weighted by Gasteiger charge is 2.22. The minimum absolute atomic E-state index is 0.783. The van der Waals surface area contributed by atoms with Crippen LogP contribution in [-0.2, 0) is 24.0 Å². The average molecular weight is 324 g/mol. The van der Waals surface area contributed by atoms with Crippen molar-refractivity contribution < 1.29 is 4.74 Å². The van der Waals surface area contributed by atoms with E-state index in [4.69, 9.17) is 14.7 Å². The van der Waals surface area contributed by atoms with Crippen LogP contribution in [-0.4, -0.2) is 49.4 Å². The maximum absolute atomic E-state index is 5.52. The fourth-order valence-electron chi connectivity index (χ4n) is 3.47. The zero-order chi connectivity index (χ0) is 16.2. The van der Waals surface area contributed by atoms with Gasteiger partial charge in [-0.3, -0.25) is 0 Å². The molecule has 4 rings (SSSR count). The first-order chi connectivity index (χ1) is 11.9. The van der Waals surface area contributed by atoms with Gasteiger partial charge in [-0.1, -0.05) is 30.3 Å². The van der Waals surface area contributed by atoms with Crippen molar-refractivity contribution in [3.05, 3.63) is 53.0 Å². The van der Waals surface area contributed by atoms with Crippen LogP contribution in [0, 0.1) is 0 Å². The topological polar surface area (TPSA) is 50.3 Å². The summed E-state index contributed by atoms with van der Waals surface area (Å²) in [6.07, 6.45) is 2.78. The van der Waals surface area contributed by atoms with Crippen LogP contribution in [0.2, 0.25) is 0 Å². The van der Waals surface area contributed by atoms with Gasteiger partial charge < -0.3 is 15.0 Å². The first-order valence-electron chi connectivity index (χ1n) is 8.86. The maximum Gasteiger partial charge on any atom is 0.135 e. The Kier molecular flexibility index (Phi) is 4.71. The molecule has 0 aliphatic carbocycles. The smallest absolute Gasteiger partial charge is 0.135 e. The number of hydrogen-bond acceptors (Lipinski definition) is 5. The molecule has 1 aromatic carbocycles. The average Bonchev–Trinajstić information content (AvgIpc) is 2.88. The lowest BCUT2D eigenvalue weighted by molar-refractivity contribution is 0.122. The zero-order valence-corrected chi connectivity index (χ0v) is 14.0. The Morgan fingerprint density at radius 3 is 2.62 bits per heavy atom. The number of rotatable bonds is 3. The van der Waals surface area contributed by atoms with E-state index in [2.05, 4.69) is 34.5 Å². The van der Waals surface area contributed by atoms with Gasteiger partial charge in [0, 0.05) is 38.0 Å². The second kappa shape index (κ2) is 7.28. The van der Waals surface area contributed by atoms with E-state index in [1.165, 1.54) is 16.8 Å². The Morgan fingerprint density at radius 1 is 1.00 bits per heavy atom. The predicted molar refractivity (Wildman–Crippen MR) is 94.6 cm³/mol. The minimum Gasteiger partial charge on any atom is -0.378 e. The zero-order valence-electron chi connectivity index (χ0n) is 14.0. The number of benzene rings is 1. The van der Waals surface area contributed by atoms with Crippen molar-refractivity contribution in [3.8, 4) is 0 Å². The van der Waals surface area contributed by atoms with Crippen LogP contribution in [0.3, 0.4) is 0 Å². The number of hydrogen-bond donors (Lipinski definition) is 1. The Hall–Kier alpha value is -1.98. The van der Waals surface area contributed by atoms with E-state index in [0.29, 0.717) is 0 Å². The van der Waals surface area contributed by atoms with Gasteiger partial charge in [0.05, 0.1) is 18.9 Å². The van der Waals surface area contributed by atoms with Crippen molar-refractivity contribution in [2.24, 2.45) is 0 Å². The lowest BCUT2D eigenvalue weighted by atomic mass is 10.1. The molecule has 1 N–H and O–H groups in total. The van der Waals surface area contributed by atoms with Crippen LogP contribution in [0.15, 0.2) is 30.3 Å².